The monoisotopic (exact) mass is 570 g/mol. The van der Waals surface area contributed by atoms with Crippen molar-refractivity contribution < 1.29 is 28.6 Å². The topological polar surface area (TPSA) is 127 Å². The fourth-order valence-electron chi connectivity index (χ4n) is 4.56. The molecule has 0 aliphatic carbocycles. The summed E-state index contributed by atoms with van der Waals surface area (Å²) in [5, 5.41) is 11.7. The average molecular weight is 571 g/mol. The second-order valence-corrected chi connectivity index (χ2v) is 11.9. The van der Waals surface area contributed by atoms with Crippen LogP contribution in [0.25, 0.3) is 0 Å². The minimum absolute atomic E-state index is 0.161. The van der Waals surface area contributed by atoms with E-state index in [9.17, 15) is 14.4 Å². The summed E-state index contributed by atoms with van der Waals surface area (Å²) in [5.41, 5.74) is 0.660. The van der Waals surface area contributed by atoms with Crippen molar-refractivity contribution in [3.05, 3.63) is 42.5 Å². The molecular weight excluding hydrogens is 532 g/mol. The van der Waals surface area contributed by atoms with Crippen LogP contribution in [0.3, 0.4) is 0 Å². The Bertz CT molecular complexity index is 1240. The van der Waals surface area contributed by atoms with Crippen molar-refractivity contribution in [2.75, 3.05) is 25.6 Å². The third-order valence-electron chi connectivity index (χ3n) is 6.61. The van der Waals surface area contributed by atoms with Crippen LogP contribution in [-0.4, -0.2) is 62.0 Å². The summed E-state index contributed by atoms with van der Waals surface area (Å²) in [7, 11) is 1.52. The number of hydrogen-bond donors (Lipinski definition) is 4. The van der Waals surface area contributed by atoms with Crippen molar-refractivity contribution in [2.24, 2.45) is 5.92 Å². The highest BCUT2D eigenvalue weighted by Crippen LogP contribution is 2.45. The summed E-state index contributed by atoms with van der Waals surface area (Å²) in [4.78, 5) is 40.9. The average Bonchev–Trinajstić information content (AvgIpc) is 3.36. The molecule has 216 valence electrons. The van der Waals surface area contributed by atoms with Crippen LogP contribution in [0.4, 0.5) is 11.4 Å². The lowest BCUT2D eigenvalue weighted by Crippen LogP contribution is -2.54. The summed E-state index contributed by atoms with van der Waals surface area (Å²) in [6, 6.07) is 12.6. The quantitative estimate of drug-likeness (QED) is 0.276. The van der Waals surface area contributed by atoms with E-state index in [1.165, 1.54) is 7.11 Å². The fourth-order valence-corrected chi connectivity index (χ4v) is 5.53. The highest BCUT2D eigenvalue weighted by molar-refractivity contribution is 7.99. The lowest BCUT2D eigenvalue weighted by Gasteiger charge is -2.27. The summed E-state index contributed by atoms with van der Waals surface area (Å²) in [6.45, 7) is 7.42. The predicted octanol–water partition coefficient (Wildman–Crippen LogP) is 3.58. The maximum absolute atomic E-state index is 13.0. The van der Waals surface area contributed by atoms with E-state index in [1.807, 2.05) is 50.2 Å². The molecule has 40 heavy (non-hydrogen) atoms. The summed E-state index contributed by atoms with van der Waals surface area (Å²) < 4.78 is 16.7. The van der Waals surface area contributed by atoms with Gasteiger partial charge in [0.05, 0.1) is 30.6 Å². The Morgan fingerprint density at radius 1 is 1.12 bits per heavy atom. The minimum atomic E-state index is -1.25. The third kappa shape index (κ3) is 7.47. The molecule has 1 fully saturated rings. The lowest BCUT2D eigenvalue weighted by atomic mass is 10.0. The van der Waals surface area contributed by atoms with Gasteiger partial charge in [-0.2, -0.15) is 0 Å². The van der Waals surface area contributed by atoms with Crippen LogP contribution in [0.1, 0.15) is 40.5 Å². The predicted molar refractivity (Wildman–Crippen MR) is 153 cm³/mol. The Hall–Kier alpha value is -3.28. The molecule has 1 unspecified atom stereocenters. The van der Waals surface area contributed by atoms with Gasteiger partial charge in [-0.25, -0.2) is 0 Å². The Morgan fingerprint density at radius 2 is 1.88 bits per heavy atom. The van der Waals surface area contributed by atoms with Crippen molar-refractivity contribution in [3.63, 3.8) is 0 Å². The van der Waals surface area contributed by atoms with E-state index in [2.05, 4.69) is 27.3 Å². The van der Waals surface area contributed by atoms with E-state index >= 15 is 0 Å². The number of amides is 3. The zero-order valence-electron chi connectivity index (χ0n) is 23.5. The van der Waals surface area contributed by atoms with Crippen LogP contribution < -0.4 is 26.0 Å². The van der Waals surface area contributed by atoms with Gasteiger partial charge in [-0.15, -0.1) is 0 Å². The first-order chi connectivity index (χ1) is 19.1. The van der Waals surface area contributed by atoms with Crippen LogP contribution in [0.5, 0.6) is 5.75 Å². The van der Waals surface area contributed by atoms with Crippen molar-refractivity contribution in [2.45, 2.75) is 74.3 Å². The van der Waals surface area contributed by atoms with E-state index in [0.717, 1.165) is 21.2 Å². The normalized spacial score (nSPS) is 18.6. The van der Waals surface area contributed by atoms with Gasteiger partial charge in [0.15, 0.2) is 11.9 Å². The molecule has 2 aromatic carbocycles. The van der Waals surface area contributed by atoms with Crippen LogP contribution in [0.15, 0.2) is 52.3 Å². The number of methoxy groups -OCH3 is 1. The molecule has 1 saturated heterocycles. The van der Waals surface area contributed by atoms with Crippen LogP contribution >= 0.6 is 11.8 Å². The zero-order valence-corrected chi connectivity index (χ0v) is 24.4. The number of nitrogens with one attached hydrogen (secondary N) is 4. The maximum atomic E-state index is 13.0. The largest absolute Gasteiger partial charge is 0.478 e. The van der Waals surface area contributed by atoms with Gasteiger partial charge in [0.25, 0.3) is 5.91 Å². The molecule has 2 aromatic rings. The van der Waals surface area contributed by atoms with Crippen LogP contribution in [0, 0.1) is 5.92 Å². The standard InChI is InChI=1S/C29H38N4O6S/c1-17(2)14-22(26(35)33-20-12-13-38-27(20)37-5)32-25(34)16-30-28(36)29(3,4)39-18-10-11-24-21(15-18)31-19-8-6-7-9-23(19)40-24/h6-11,15,17,20,22,27,31H,12-14,16H2,1-5H3,(H,30,36)(H,32,34)(H,33,35)/t20-,22-,27?/m0/s1. The fraction of sp³-hybridized carbons (Fsp3) is 0.483. The number of anilines is 2. The summed E-state index contributed by atoms with van der Waals surface area (Å²) >= 11 is 1.66. The highest BCUT2D eigenvalue weighted by atomic mass is 32.2. The number of ether oxygens (including phenoxy) is 3. The van der Waals surface area contributed by atoms with E-state index in [1.54, 1.807) is 25.6 Å². The van der Waals surface area contributed by atoms with Gasteiger partial charge >= 0.3 is 0 Å². The SMILES string of the molecule is COC1OCC[C@@H]1NC(=O)[C@H](CC(C)C)NC(=O)CNC(=O)C(C)(C)Oc1ccc2c(c1)Nc1ccccc1S2. The number of carbonyl (C=O) groups excluding carboxylic acids is 3. The number of hydrogen-bond acceptors (Lipinski definition) is 8. The summed E-state index contributed by atoms with van der Waals surface area (Å²) in [6.07, 6.45) is 0.561. The van der Waals surface area contributed by atoms with E-state index < -0.39 is 29.7 Å². The molecule has 4 N–H and O–H groups in total. The van der Waals surface area contributed by atoms with E-state index in [0.29, 0.717) is 25.2 Å². The third-order valence-corrected chi connectivity index (χ3v) is 7.77. The van der Waals surface area contributed by atoms with E-state index in [4.69, 9.17) is 14.2 Å². The molecule has 2 aliphatic rings. The smallest absolute Gasteiger partial charge is 0.264 e. The molecule has 2 aliphatic heterocycles. The second-order valence-electron chi connectivity index (χ2n) is 10.8. The van der Waals surface area contributed by atoms with Crippen molar-refractivity contribution in [1.29, 1.82) is 0 Å². The number of fused-ring (bicyclic) bond motifs is 2. The molecule has 11 heteroatoms. The molecule has 0 bridgehead atoms. The molecule has 4 rings (SSSR count). The Labute approximate surface area is 239 Å². The molecule has 0 saturated carbocycles. The molecule has 0 spiro atoms. The first-order valence-corrected chi connectivity index (χ1v) is 14.3. The number of benzene rings is 2. The summed E-state index contributed by atoms with van der Waals surface area (Å²) in [5.74, 6) is -0.547. The molecule has 2 heterocycles. The Morgan fingerprint density at radius 3 is 2.62 bits per heavy atom. The first kappa shape index (κ1) is 29.7. The van der Waals surface area contributed by atoms with Gasteiger partial charge in [0.2, 0.25) is 11.8 Å². The minimum Gasteiger partial charge on any atom is -0.478 e. The number of para-hydroxylation sites is 1. The molecule has 0 aromatic heterocycles. The Balaban J connectivity index is 1.30. The van der Waals surface area contributed by atoms with E-state index in [-0.39, 0.29) is 24.4 Å². The van der Waals surface area contributed by atoms with Gasteiger partial charge in [-0.05, 0) is 56.9 Å². The van der Waals surface area contributed by atoms with Crippen LogP contribution in [-0.2, 0) is 23.9 Å². The lowest BCUT2D eigenvalue weighted by molar-refractivity contribution is -0.136. The molecule has 3 amide bonds. The van der Waals surface area contributed by atoms with Gasteiger partial charge in [0, 0.05) is 23.0 Å². The number of carbonyl (C=O) groups is 3. The van der Waals surface area contributed by atoms with Gasteiger partial charge < -0.3 is 35.5 Å². The van der Waals surface area contributed by atoms with Crippen molar-refractivity contribution in [1.82, 2.24) is 16.0 Å². The number of rotatable bonds is 11. The molecule has 0 radical (unpaired) electrons. The highest BCUT2D eigenvalue weighted by Gasteiger charge is 2.33. The van der Waals surface area contributed by atoms with Crippen LogP contribution in [0.2, 0.25) is 0 Å². The zero-order chi connectivity index (χ0) is 28.9. The first-order valence-electron chi connectivity index (χ1n) is 13.4. The maximum Gasteiger partial charge on any atom is 0.264 e. The van der Waals surface area contributed by atoms with Gasteiger partial charge in [-0.3, -0.25) is 14.4 Å². The van der Waals surface area contributed by atoms with Gasteiger partial charge in [0.1, 0.15) is 11.8 Å². The van der Waals surface area contributed by atoms with Crippen molar-refractivity contribution in [3.8, 4) is 5.75 Å². The molecular formula is C29H38N4O6S. The Kier molecular flexibility index (Phi) is 9.60. The second kappa shape index (κ2) is 12.9. The molecule has 10 nitrogen and oxygen atoms in total. The van der Waals surface area contributed by atoms with Crippen molar-refractivity contribution >= 4 is 40.9 Å². The molecule has 3 atom stereocenters. The van der Waals surface area contributed by atoms with Gasteiger partial charge in [-0.1, -0.05) is 37.7 Å².